The molecule has 1 N–H and O–H groups in total. The van der Waals surface area contributed by atoms with E-state index in [0.29, 0.717) is 6.04 Å². The summed E-state index contributed by atoms with van der Waals surface area (Å²) < 4.78 is 13.5. The van der Waals surface area contributed by atoms with Crippen molar-refractivity contribution in [2.45, 2.75) is 19.0 Å². The van der Waals surface area contributed by atoms with Crippen molar-refractivity contribution in [3.8, 4) is 0 Å². The van der Waals surface area contributed by atoms with E-state index < -0.39 is 0 Å². The molecule has 0 aliphatic carbocycles. The molecule has 0 spiro atoms. The third-order valence-corrected chi connectivity index (χ3v) is 4.59. The van der Waals surface area contributed by atoms with Crippen LogP contribution in [0.15, 0.2) is 18.2 Å². The SMILES string of the molecule is CNC(c1cc(F)ccc1C)C1CN2CCN1CC2. The predicted molar refractivity (Wildman–Crippen MR) is 74.7 cm³/mol. The molecule has 0 amide bonds. The molecule has 0 saturated carbocycles. The first kappa shape index (κ1) is 13.0. The number of rotatable bonds is 3. The van der Waals surface area contributed by atoms with Crippen molar-refractivity contribution in [2.24, 2.45) is 0 Å². The van der Waals surface area contributed by atoms with E-state index in [1.807, 2.05) is 13.1 Å². The maximum atomic E-state index is 13.5. The summed E-state index contributed by atoms with van der Waals surface area (Å²) in [5.41, 5.74) is 2.26. The molecular formula is C15H22FN3. The number of aryl methyl sites for hydroxylation is 1. The van der Waals surface area contributed by atoms with Gasteiger partial charge in [0.15, 0.2) is 0 Å². The van der Waals surface area contributed by atoms with E-state index in [1.54, 1.807) is 12.1 Å². The van der Waals surface area contributed by atoms with Gasteiger partial charge < -0.3 is 5.32 Å². The average molecular weight is 263 g/mol. The van der Waals surface area contributed by atoms with E-state index in [2.05, 4.69) is 22.0 Å². The predicted octanol–water partition coefficient (Wildman–Crippen LogP) is 1.39. The molecule has 3 heterocycles. The van der Waals surface area contributed by atoms with Gasteiger partial charge >= 0.3 is 0 Å². The molecule has 3 fully saturated rings. The lowest BCUT2D eigenvalue weighted by Gasteiger charge is -2.50. The van der Waals surface area contributed by atoms with Crippen LogP contribution in [0, 0.1) is 12.7 Å². The second-order valence-electron chi connectivity index (χ2n) is 5.67. The zero-order chi connectivity index (χ0) is 13.4. The largest absolute Gasteiger partial charge is 0.312 e. The summed E-state index contributed by atoms with van der Waals surface area (Å²) in [5, 5.41) is 3.41. The quantitative estimate of drug-likeness (QED) is 0.889. The first-order valence-corrected chi connectivity index (χ1v) is 7.09. The van der Waals surface area contributed by atoms with Crippen molar-refractivity contribution in [3.63, 3.8) is 0 Å². The summed E-state index contributed by atoms with van der Waals surface area (Å²) in [6.07, 6.45) is 0. The summed E-state index contributed by atoms with van der Waals surface area (Å²) in [7, 11) is 1.98. The molecule has 0 aromatic heterocycles. The molecule has 19 heavy (non-hydrogen) atoms. The van der Waals surface area contributed by atoms with Gasteiger partial charge in [-0.2, -0.15) is 0 Å². The Bertz CT molecular complexity index is 455. The lowest BCUT2D eigenvalue weighted by atomic mass is 9.91. The minimum Gasteiger partial charge on any atom is -0.312 e. The molecule has 2 bridgehead atoms. The fourth-order valence-corrected chi connectivity index (χ4v) is 3.48. The van der Waals surface area contributed by atoms with E-state index in [9.17, 15) is 4.39 Å². The molecular weight excluding hydrogens is 241 g/mol. The third kappa shape index (κ3) is 2.40. The Balaban J connectivity index is 1.90. The second-order valence-corrected chi connectivity index (χ2v) is 5.67. The Morgan fingerprint density at radius 1 is 1.26 bits per heavy atom. The Morgan fingerprint density at radius 3 is 2.58 bits per heavy atom. The van der Waals surface area contributed by atoms with E-state index in [1.165, 1.54) is 18.7 Å². The van der Waals surface area contributed by atoms with Gasteiger partial charge in [-0.1, -0.05) is 6.07 Å². The minimum absolute atomic E-state index is 0.142. The lowest BCUT2D eigenvalue weighted by molar-refractivity contribution is -0.00266. The molecule has 2 unspecified atom stereocenters. The highest BCUT2D eigenvalue weighted by Crippen LogP contribution is 2.29. The topological polar surface area (TPSA) is 18.5 Å². The number of benzene rings is 1. The van der Waals surface area contributed by atoms with Crippen LogP contribution in [0.25, 0.3) is 0 Å². The van der Waals surface area contributed by atoms with Gasteiger partial charge in [0, 0.05) is 44.8 Å². The molecule has 3 saturated heterocycles. The summed E-state index contributed by atoms with van der Waals surface area (Å²) >= 11 is 0. The lowest BCUT2D eigenvalue weighted by Crippen LogP contribution is -2.63. The first-order chi connectivity index (χ1) is 9.19. The molecule has 2 atom stereocenters. The van der Waals surface area contributed by atoms with Crippen molar-refractivity contribution in [1.29, 1.82) is 0 Å². The van der Waals surface area contributed by atoms with Gasteiger partial charge in [-0.3, -0.25) is 9.80 Å². The normalized spacial score (nSPS) is 31.4. The van der Waals surface area contributed by atoms with Gasteiger partial charge in [-0.05, 0) is 37.2 Å². The summed E-state index contributed by atoms with van der Waals surface area (Å²) in [4.78, 5) is 5.06. The second kappa shape index (κ2) is 5.19. The fraction of sp³-hybridized carbons (Fsp3) is 0.600. The number of fused-ring (bicyclic) bond motifs is 3. The van der Waals surface area contributed by atoms with Crippen LogP contribution in [0.2, 0.25) is 0 Å². The van der Waals surface area contributed by atoms with Gasteiger partial charge in [0.2, 0.25) is 0 Å². The van der Waals surface area contributed by atoms with Crippen LogP contribution in [0.5, 0.6) is 0 Å². The van der Waals surface area contributed by atoms with E-state index in [-0.39, 0.29) is 11.9 Å². The number of halogens is 1. The molecule has 3 aliphatic rings. The van der Waals surface area contributed by atoms with Crippen molar-refractivity contribution in [1.82, 2.24) is 15.1 Å². The maximum Gasteiger partial charge on any atom is 0.123 e. The number of nitrogens with zero attached hydrogens (tertiary/aromatic N) is 2. The van der Waals surface area contributed by atoms with Crippen LogP contribution in [-0.4, -0.2) is 55.6 Å². The highest BCUT2D eigenvalue weighted by atomic mass is 19.1. The number of hydrogen-bond acceptors (Lipinski definition) is 3. The standard InChI is InChI=1S/C15H22FN3/c1-11-3-4-12(16)9-13(11)15(17-2)14-10-18-5-7-19(14)8-6-18/h3-4,9,14-15,17H,5-8,10H2,1-2H3. The van der Waals surface area contributed by atoms with Crippen LogP contribution in [0.4, 0.5) is 4.39 Å². The van der Waals surface area contributed by atoms with Crippen LogP contribution in [0.1, 0.15) is 17.2 Å². The first-order valence-electron chi connectivity index (χ1n) is 7.09. The minimum atomic E-state index is -0.142. The van der Waals surface area contributed by atoms with Crippen LogP contribution < -0.4 is 5.32 Å². The number of piperazine rings is 3. The van der Waals surface area contributed by atoms with Gasteiger partial charge in [0.05, 0.1) is 0 Å². The molecule has 3 aliphatic heterocycles. The molecule has 4 heteroatoms. The van der Waals surface area contributed by atoms with Gasteiger partial charge in [0.25, 0.3) is 0 Å². The van der Waals surface area contributed by atoms with Crippen molar-refractivity contribution >= 4 is 0 Å². The fourth-order valence-electron chi connectivity index (χ4n) is 3.48. The summed E-state index contributed by atoms with van der Waals surface area (Å²) in [6, 6.07) is 5.77. The van der Waals surface area contributed by atoms with Gasteiger partial charge in [-0.25, -0.2) is 4.39 Å². The van der Waals surface area contributed by atoms with E-state index in [4.69, 9.17) is 0 Å². The molecule has 3 nitrogen and oxygen atoms in total. The van der Waals surface area contributed by atoms with Crippen LogP contribution >= 0.6 is 0 Å². The molecule has 104 valence electrons. The van der Waals surface area contributed by atoms with Gasteiger partial charge in [-0.15, -0.1) is 0 Å². The van der Waals surface area contributed by atoms with Crippen LogP contribution in [0.3, 0.4) is 0 Å². The summed E-state index contributed by atoms with van der Waals surface area (Å²) in [6.45, 7) is 7.77. The zero-order valence-electron chi connectivity index (χ0n) is 11.7. The average Bonchev–Trinajstić information content (AvgIpc) is 2.45. The molecule has 4 rings (SSSR count). The number of nitrogens with one attached hydrogen (secondary N) is 1. The number of hydrogen-bond donors (Lipinski definition) is 1. The molecule has 0 radical (unpaired) electrons. The Hall–Kier alpha value is -0.970. The molecule has 1 aromatic carbocycles. The zero-order valence-corrected chi connectivity index (χ0v) is 11.7. The van der Waals surface area contributed by atoms with Gasteiger partial charge in [0.1, 0.15) is 5.82 Å². The van der Waals surface area contributed by atoms with E-state index >= 15 is 0 Å². The molecule has 1 aromatic rings. The monoisotopic (exact) mass is 263 g/mol. The highest BCUT2D eigenvalue weighted by Gasteiger charge is 2.37. The maximum absolute atomic E-state index is 13.5. The van der Waals surface area contributed by atoms with Crippen molar-refractivity contribution < 1.29 is 4.39 Å². The summed E-state index contributed by atoms with van der Waals surface area (Å²) in [5.74, 6) is -0.142. The smallest absolute Gasteiger partial charge is 0.123 e. The highest BCUT2D eigenvalue weighted by molar-refractivity contribution is 5.31. The van der Waals surface area contributed by atoms with E-state index in [0.717, 1.165) is 25.2 Å². The Morgan fingerprint density at radius 2 is 2.00 bits per heavy atom. The Kier molecular flexibility index (Phi) is 3.56. The number of likely N-dealkylation sites (N-methyl/N-ethyl adjacent to an activating group) is 1. The van der Waals surface area contributed by atoms with Crippen molar-refractivity contribution in [3.05, 3.63) is 35.1 Å². The Labute approximate surface area is 114 Å². The third-order valence-electron chi connectivity index (χ3n) is 4.59. The van der Waals surface area contributed by atoms with Crippen molar-refractivity contribution in [2.75, 3.05) is 39.8 Å². The van der Waals surface area contributed by atoms with Crippen LogP contribution in [-0.2, 0) is 0 Å².